The van der Waals surface area contributed by atoms with E-state index < -0.39 is 31.0 Å². The van der Waals surface area contributed by atoms with Crippen molar-refractivity contribution in [2.45, 2.75) is 103 Å². The third-order valence-corrected chi connectivity index (χ3v) is 12.5. The molecule has 0 unspecified atom stereocenters. The molecule has 0 rings (SSSR count). The number of halogens is 9. The maximum absolute atomic E-state index is 13.8. The molecule has 0 saturated carbocycles. The van der Waals surface area contributed by atoms with Crippen molar-refractivity contribution in [3.63, 3.8) is 0 Å². The second-order valence-electron chi connectivity index (χ2n) is 8.43. The summed E-state index contributed by atoms with van der Waals surface area (Å²) >= 11 is 0. The first-order valence-electron chi connectivity index (χ1n) is 10.9. The number of rotatable bonds is 14. The van der Waals surface area contributed by atoms with Gasteiger partial charge in [0.25, 0.3) is 0 Å². The van der Waals surface area contributed by atoms with Crippen molar-refractivity contribution in [2.24, 2.45) is 0 Å². The Bertz CT molecular complexity index is 447. The predicted molar refractivity (Wildman–Crippen MR) is 108 cm³/mol. The van der Waals surface area contributed by atoms with E-state index in [2.05, 4.69) is 0 Å². The van der Waals surface area contributed by atoms with E-state index in [1.165, 1.54) is 0 Å². The van der Waals surface area contributed by atoms with Gasteiger partial charge in [0.1, 0.15) is 0 Å². The van der Waals surface area contributed by atoms with E-state index in [9.17, 15) is 39.5 Å². The first-order chi connectivity index (χ1) is 14.0. The molecule has 0 aromatic carbocycles. The molecule has 0 bridgehead atoms. The Morgan fingerprint density at radius 1 is 0.484 bits per heavy atom. The zero-order valence-corrected chi connectivity index (χ0v) is 19.6. The fraction of sp³-hybridized carbons (Fsp3) is 1.00. The van der Waals surface area contributed by atoms with Gasteiger partial charge in [0.05, 0.1) is 0 Å². The van der Waals surface area contributed by atoms with Gasteiger partial charge in [0.2, 0.25) is 0 Å². The first kappa shape index (κ1) is 30.8. The molecule has 1 nitrogen and oxygen atoms in total. The van der Waals surface area contributed by atoms with Crippen molar-refractivity contribution in [2.75, 3.05) is 24.6 Å². The van der Waals surface area contributed by atoms with Crippen LogP contribution in [0.25, 0.3) is 0 Å². The molecule has 0 aliphatic carbocycles. The molecular formula is C20H36F9OP. The van der Waals surface area contributed by atoms with Gasteiger partial charge in [-0.15, -0.1) is 0 Å². The van der Waals surface area contributed by atoms with Crippen LogP contribution >= 0.6 is 6.83 Å². The molecule has 31 heavy (non-hydrogen) atoms. The van der Waals surface area contributed by atoms with Crippen LogP contribution in [0.5, 0.6) is 0 Å². The topological polar surface area (TPSA) is 9.23 Å². The van der Waals surface area contributed by atoms with Crippen molar-refractivity contribution in [3.05, 3.63) is 0 Å². The molecule has 190 valence electrons. The van der Waals surface area contributed by atoms with Crippen LogP contribution < -0.4 is 0 Å². The summed E-state index contributed by atoms with van der Waals surface area (Å²) in [6.45, 7) is 2.25. The Kier molecular flexibility index (Phi) is 11.2. The molecule has 0 aromatic heterocycles. The quantitative estimate of drug-likeness (QED) is 0.173. The summed E-state index contributed by atoms with van der Waals surface area (Å²) in [7, 11) is 0. The van der Waals surface area contributed by atoms with Crippen molar-refractivity contribution in [1.82, 2.24) is 0 Å². The summed E-state index contributed by atoms with van der Waals surface area (Å²) in [5.41, 5.74) is -6.19. The molecule has 0 aromatic rings. The summed E-state index contributed by atoms with van der Waals surface area (Å²) in [4.78, 5) is 0. The van der Waals surface area contributed by atoms with E-state index >= 15 is 0 Å². The fourth-order valence-electron chi connectivity index (χ4n) is 4.11. The van der Waals surface area contributed by atoms with Gasteiger partial charge in [0, 0.05) is 0 Å². The SMILES string of the molecule is CCCCP(CCCC)(CCCC)(CCCC)OC(C(F)(F)F)(C(F)(F)F)C(F)(F)F. The third kappa shape index (κ3) is 6.87. The summed E-state index contributed by atoms with van der Waals surface area (Å²) in [6.07, 6.45) is -18.1. The fourth-order valence-corrected chi connectivity index (χ4v) is 11.4. The van der Waals surface area contributed by atoms with Gasteiger partial charge >= 0.3 is 179 Å². The van der Waals surface area contributed by atoms with Gasteiger partial charge in [-0.1, -0.05) is 0 Å². The van der Waals surface area contributed by atoms with Gasteiger partial charge in [-0.2, -0.15) is 0 Å². The summed E-state index contributed by atoms with van der Waals surface area (Å²) in [6, 6.07) is 0. The van der Waals surface area contributed by atoms with E-state index in [1.54, 1.807) is 27.7 Å². The molecule has 0 atom stereocenters. The Labute approximate surface area is 179 Å². The van der Waals surface area contributed by atoms with E-state index in [0.717, 1.165) is 0 Å². The van der Waals surface area contributed by atoms with Crippen molar-refractivity contribution in [3.8, 4) is 0 Å². The summed E-state index contributed by atoms with van der Waals surface area (Å²) in [5.74, 6) is 0. The van der Waals surface area contributed by atoms with E-state index in [1.807, 2.05) is 0 Å². The number of hydrogen-bond acceptors (Lipinski definition) is 1. The molecule has 0 saturated heterocycles. The molecule has 0 N–H and O–H groups in total. The molecule has 0 amide bonds. The monoisotopic (exact) mass is 494 g/mol. The van der Waals surface area contributed by atoms with Crippen LogP contribution in [0.1, 0.15) is 79.1 Å². The third-order valence-electron chi connectivity index (χ3n) is 5.90. The van der Waals surface area contributed by atoms with Crippen LogP contribution in [-0.4, -0.2) is 48.8 Å². The number of alkyl halides is 9. The average Bonchev–Trinajstić information content (AvgIpc) is 2.63. The molecule has 0 fully saturated rings. The molecule has 0 aliphatic rings. The zero-order chi connectivity index (χ0) is 24.6. The number of hydrogen-bond donors (Lipinski definition) is 0. The minimum atomic E-state index is -6.69. The second kappa shape index (κ2) is 11.3. The minimum absolute atomic E-state index is 0.161. The molecule has 0 heterocycles. The summed E-state index contributed by atoms with van der Waals surface area (Å²) in [5, 5.41) is 0. The molecular weight excluding hydrogens is 458 g/mol. The molecule has 11 heteroatoms. The van der Waals surface area contributed by atoms with Gasteiger partial charge in [-0.25, -0.2) is 0 Å². The molecule has 0 aliphatic heterocycles. The Hall–Kier alpha value is -0.240. The Balaban J connectivity index is 7.21. The predicted octanol–water partition coefficient (Wildman–Crippen LogP) is 9.10. The molecule has 0 radical (unpaired) electrons. The van der Waals surface area contributed by atoms with Gasteiger partial charge in [0.15, 0.2) is 0 Å². The van der Waals surface area contributed by atoms with Gasteiger partial charge < -0.3 is 0 Å². The Morgan fingerprint density at radius 2 is 0.710 bits per heavy atom. The normalized spacial score (nSPS) is 15.7. The van der Waals surface area contributed by atoms with Crippen LogP contribution in [0, 0.1) is 0 Å². The van der Waals surface area contributed by atoms with Crippen LogP contribution in [-0.2, 0) is 4.52 Å². The van der Waals surface area contributed by atoms with Crippen LogP contribution in [0.3, 0.4) is 0 Å². The van der Waals surface area contributed by atoms with E-state index in [0.29, 0.717) is 25.7 Å². The van der Waals surface area contributed by atoms with Crippen molar-refractivity contribution < 1.29 is 44.0 Å². The van der Waals surface area contributed by atoms with E-state index in [4.69, 9.17) is 4.52 Å². The molecule has 0 spiro atoms. The second-order valence-corrected chi connectivity index (χ2v) is 14.1. The average molecular weight is 494 g/mol. The first-order valence-corrected chi connectivity index (χ1v) is 13.8. The van der Waals surface area contributed by atoms with Crippen LogP contribution in [0.2, 0.25) is 0 Å². The maximum atomic E-state index is 13.8. The van der Waals surface area contributed by atoms with Crippen LogP contribution in [0.15, 0.2) is 0 Å². The summed E-state index contributed by atoms with van der Waals surface area (Å²) < 4.78 is 129. The van der Waals surface area contributed by atoms with Crippen LogP contribution in [0.4, 0.5) is 39.5 Å². The zero-order valence-electron chi connectivity index (χ0n) is 18.7. The standard InChI is InChI=1S/C20H36F9OP/c1-5-9-13-31(14-10-6-2,15-11-7-3,16-12-8-4)30-17(18(21,22)23,19(24,25)26)20(27,28)29/h5-16H2,1-4H3. The van der Waals surface area contributed by atoms with Crippen molar-refractivity contribution in [1.29, 1.82) is 0 Å². The van der Waals surface area contributed by atoms with E-state index in [-0.39, 0.29) is 50.3 Å². The van der Waals surface area contributed by atoms with Gasteiger partial charge in [-0.3, -0.25) is 0 Å². The van der Waals surface area contributed by atoms with Gasteiger partial charge in [-0.05, 0) is 0 Å². The Morgan fingerprint density at radius 3 is 0.871 bits per heavy atom. The van der Waals surface area contributed by atoms with Crippen molar-refractivity contribution >= 4 is 6.83 Å². The number of unbranched alkanes of at least 4 members (excludes halogenated alkanes) is 4.